The van der Waals surface area contributed by atoms with Crippen LogP contribution >= 0.6 is 22.7 Å². The summed E-state index contributed by atoms with van der Waals surface area (Å²) in [6, 6.07) is 45.9. The minimum absolute atomic E-state index is 0.923. The maximum Gasteiger partial charge on any atom is 0.145 e. The molecule has 0 aliphatic heterocycles. The van der Waals surface area contributed by atoms with Gasteiger partial charge in [0.1, 0.15) is 22.3 Å². The molecule has 5 heteroatoms. The number of benzene rings is 7. The lowest BCUT2D eigenvalue weighted by Crippen LogP contribution is -2.01. The van der Waals surface area contributed by atoms with Crippen LogP contribution in [0.3, 0.4) is 0 Å². The van der Waals surface area contributed by atoms with Crippen molar-refractivity contribution in [3.8, 4) is 0 Å². The van der Waals surface area contributed by atoms with Crippen LogP contribution in [0.5, 0.6) is 0 Å². The SMILES string of the molecule is C1=C(c2cc3c4ccccc4oc3c3c2sc2ccccc23)CCC(n2c3ccccc3c3c4c5ccccc5oc4c4c5ccccc5sc4c32)=C1. The highest BCUT2D eigenvalue weighted by molar-refractivity contribution is 7.27. The van der Waals surface area contributed by atoms with Crippen LogP contribution in [-0.2, 0) is 0 Å². The van der Waals surface area contributed by atoms with E-state index in [4.69, 9.17) is 8.83 Å². The highest BCUT2D eigenvalue weighted by Crippen LogP contribution is 2.52. The zero-order valence-electron chi connectivity index (χ0n) is 28.3. The first-order valence-electron chi connectivity index (χ1n) is 18.1. The predicted molar refractivity (Wildman–Crippen MR) is 228 cm³/mol. The third kappa shape index (κ3) is 3.68. The van der Waals surface area contributed by atoms with Gasteiger partial charge in [-0.15, -0.1) is 22.7 Å². The average Bonchev–Trinajstić information content (AvgIpc) is 4.02. The van der Waals surface area contributed by atoms with Crippen molar-refractivity contribution in [3.63, 3.8) is 0 Å². The van der Waals surface area contributed by atoms with Gasteiger partial charge in [0.25, 0.3) is 0 Å². The van der Waals surface area contributed by atoms with Crippen LogP contribution in [-0.4, -0.2) is 4.57 Å². The lowest BCUT2D eigenvalue weighted by Gasteiger charge is -2.19. The number of hydrogen-bond acceptors (Lipinski definition) is 4. The summed E-state index contributed by atoms with van der Waals surface area (Å²) in [5.74, 6) is 0. The third-order valence-electron chi connectivity index (χ3n) is 11.5. The van der Waals surface area contributed by atoms with Gasteiger partial charge >= 0.3 is 0 Å². The molecule has 0 bridgehead atoms. The quantitative estimate of drug-likeness (QED) is 0.179. The second kappa shape index (κ2) is 10.3. The summed E-state index contributed by atoms with van der Waals surface area (Å²) in [4.78, 5) is 0. The van der Waals surface area contributed by atoms with Crippen LogP contribution in [0.25, 0.3) is 117 Å². The molecule has 0 atom stereocenters. The van der Waals surface area contributed by atoms with E-state index < -0.39 is 0 Å². The molecule has 0 fully saturated rings. The first kappa shape index (κ1) is 28.4. The summed E-state index contributed by atoms with van der Waals surface area (Å²) in [6.07, 6.45) is 6.64. The zero-order valence-corrected chi connectivity index (χ0v) is 29.9. The number of thiophene rings is 2. The van der Waals surface area contributed by atoms with Crippen LogP contribution in [0.2, 0.25) is 0 Å². The molecule has 53 heavy (non-hydrogen) atoms. The Morgan fingerprint density at radius 1 is 0.472 bits per heavy atom. The number of fused-ring (bicyclic) bond motifs is 19. The number of para-hydroxylation sites is 3. The first-order chi connectivity index (χ1) is 26.3. The number of allylic oxidation sites excluding steroid dienone is 4. The van der Waals surface area contributed by atoms with Crippen LogP contribution in [0, 0.1) is 0 Å². The standard InChI is InChI=1S/C48H27NO2S2/c1-6-16-35-29(12-1)40-41-30-13-3-8-18-37(30)51-46(41)43-32-15-5-10-20-39(32)53-48(43)44(40)49(35)27-23-21-26(22-24-27)33-25-34-28-11-2-7-17-36(28)50-45(34)42-31-14-4-9-19-38(31)52-47(33)42/h1-21,23,25H,22,24H2. The summed E-state index contributed by atoms with van der Waals surface area (Å²) < 4.78 is 21.1. The van der Waals surface area contributed by atoms with E-state index >= 15 is 0 Å². The molecule has 0 unspecified atom stereocenters. The summed E-state index contributed by atoms with van der Waals surface area (Å²) in [6.45, 7) is 0. The molecule has 0 N–H and O–H groups in total. The Labute approximate surface area is 309 Å². The molecule has 13 rings (SSSR count). The smallest absolute Gasteiger partial charge is 0.145 e. The van der Waals surface area contributed by atoms with Crippen molar-refractivity contribution in [3.05, 3.63) is 145 Å². The summed E-state index contributed by atoms with van der Waals surface area (Å²) >= 11 is 3.76. The van der Waals surface area contributed by atoms with E-state index in [9.17, 15) is 0 Å². The van der Waals surface area contributed by atoms with Crippen molar-refractivity contribution >= 4 is 140 Å². The fourth-order valence-corrected chi connectivity index (χ4v) is 11.7. The van der Waals surface area contributed by atoms with Gasteiger partial charge in [0.15, 0.2) is 0 Å². The molecule has 0 saturated heterocycles. The minimum Gasteiger partial charge on any atom is -0.455 e. The fraction of sp³-hybridized carbons (Fsp3) is 0.0417. The molecule has 0 amide bonds. The average molecular weight is 714 g/mol. The second-order valence-electron chi connectivity index (χ2n) is 14.2. The van der Waals surface area contributed by atoms with Crippen LogP contribution in [0.15, 0.2) is 148 Å². The molecule has 0 saturated carbocycles. The topological polar surface area (TPSA) is 31.2 Å². The molecule has 0 radical (unpaired) electrons. The second-order valence-corrected chi connectivity index (χ2v) is 16.3. The molecule has 1 aliphatic carbocycles. The minimum atomic E-state index is 0.923. The van der Waals surface area contributed by atoms with Gasteiger partial charge in [0.2, 0.25) is 0 Å². The molecule has 7 aromatic carbocycles. The Morgan fingerprint density at radius 3 is 1.83 bits per heavy atom. The molecule has 0 spiro atoms. The van der Waals surface area contributed by atoms with Gasteiger partial charge < -0.3 is 13.4 Å². The lowest BCUT2D eigenvalue weighted by atomic mass is 9.93. The molecule has 5 aromatic heterocycles. The van der Waals surface area contributed by atoms with Crippen molar-refractivity contribution in [1.82, 2.24) is 4.57 Å². The predicted octanol–water partition coefficient (Wildman–Crippen LogP) is 15.0. The number of nitrogens with zero attached hydrogens (tertiary/aromatic N) is 1. The van der Waals surface area contributed by atoms with E-state index in [1.54, 1.807) is 0 Å². The Hall–Kier alpha value is -6.14. The molecule has 248 valence electrons. The Morgan fingerprint density at radius 2 is 1.08 bits per heavy atom. The van der Waals surface area contributed by atoms with E-state index in [-0.39, 0.29) is 0 Å². The highest BCUT2D eigenvalue weighted by atomic mass is 32.1. The van der Waals surface area contributed by atoms with Crippen LogP contribution < -0.4 is 0 Å². The van der Waals surface area contributed by atoms with Gasteiger partial charge in [-0.1, -0.05) is 97.1 Å². The number of hydrogen-bond donors (Lipinski definition) is 0. The number of furan rings is 2. The molecule has 3 nitrogen and oxygen atoms in total. The molecular formula is C48H27NO2S2. The van der Waals surface area contributed by atoms with Crippen molar-refractivity contribution in [1.29, 1.82) is 0 Å². The summed E-state index contributed by atoms with van der Waals surface area (Å²) in [5.41, 5.74) is 10.4. The maximum atomic E-state index is 6.78. The van der Waals surface area contributed by atoms with Crippen molar-refractivity contribution < 1.29 is 8.83 Å². The molecule has 12 aromatic rings. The summed E-state index contributed by atoms with van der Waals surface area (Å²) in [5, 5.41) is 12.2. The van der Waals surface area contributed by atoms with Crippen molar-refractivity contribution in [2.45, 2.75) is 12.8 Å². The first-order valence-corrected chi connectivity index (χ1v) is 19.8. The monoisotopic (exact) mass is 713 g/mol. The van der Waals surface area contributed by atoms with E-state index in [0.717, 1.165) is 35.2 Å². The summed E-state index contributed by atoms with van der Waals surface area (Å²) in [7, 11) is 0. The molecule has 5 heterocycles. The van der Waals surface area contributed by atoms with Crippen molar-refractivity contribution in [2.75, 3.05) is 0 Å². The largest absolute Gasteiger partial charge is 0.455 e. The number of aromatic nitrogens is 1. The Balaban J connectivity index is 1.12. The third-order valence-corrected chi connectivity index (χ3v) is 13.9. The van der Waals surface area contributed by atoms with E-state index in [1.807, 2.05) is 22.7 Å². The number of rotatable bonds is 2. The van der Waals surface area contributed by atoms with Crippen LogP contribution in [0.4, 0.5) is 0 Å². The van der Waals surface area contributed by atoms with Gasteiger partial charge in [0, 0.05) is 73.7 Å². The Bertz CT molecular complexity index is 3630. The van der Waals surface area contributed by atoms with Gasteiger partial charge in [-0.05, 0) is 66.5 Å². The molecule has 1 aliphatic rings. The van der Waals surface area contributed by atoms with Crippen LogP contribution in [0.1, 0.15) is 18.4 Å². The van der Waals surface area contributed by atoms with E-state index in [2.05, 4.69) is 144 Å². The zero-order chi connectivity index (χ0) is 34.4. The van der Waals surface area contributed by atoms with Gasteiger partial charge in [-0.3, -0.25) is 0 Å². The van der Waals surface area contributed by atoms with E-state index in [0.29, 0.717) is 0 Å². The lowest BCUT2D eigenvalue weighted by molar-refractivity contribution is 0.672. The normalized spacial score (nSPS) is 14.1. The van der Waals surface area contributed by atoms with Gasteiger partial charge in [0.05, 0.1) is 15.7 Å². The van der Waals surface area contributed by atoms with Gasteiger partial charge in [-0.25, -0.2) is 0 Å². The highest BCUT2D eigenvalue weighted by Gasteiger charge is 2.27. The van der Waals surface area contributed by atoms with Crippen molar-refractivity contribution in [2.24, 2.45) is 0 Å². The fourth-order valence-electron chi connectivity index (χ4n) is 9.25. The van der Waals surface area contributed by atoms with Gasteiger partial charge in [-0.2, -0.15) is 0 Å². The maximum absolute atomic E-state index is 6.78. The van der Waals surface area contributed by atoms with E-state index in [1.165, 1.54) is 101 Å². The Kier molecular flexibility index (Phi) is 5.50. The molecular weight excluding hydrogens is 687 g/mol.